The quantitative estimate of drug-likeness (QED) is 0.831. The van der Waals surface area contributed by atoms with Crippen LogP contribution in [0.15, 0.2) is 47.4 Å². The molecule has 1 amide bonds. The van der Waals surface area contributed by atoms with Gasteiger partial charge in [-0.3, -0.25) is 4.79 Å². The minimum atomic E-state index is -3.50. The van der Waals surface area contributed by atoms with Crippen molar-refractivity contribution in [2.75, 3.05) is 19.9 Å². The molecule has 2 aliphatic heterocycles. The topological polar surface area (TPSA) is 84.9 Å². The molecule has 7 nitrogen and oxygen atoms in total. The van der Waals surface area contributed by atoms with E-state index < -0.39 is 10.0 Å². The Bertz CT molecular complexity index is 984. The van der Waals surface area contributed by atoms with Crippen LogP contribution in [0.25, 0.3) is 0 Å². The second kappa shape index (κ2) is 7.81. The van der Waals surface area contributed by atoms with Gasteiger partial charge in [0.2, 0.25) is 16.8 Å². The maximum Gasteiger partial charge on any atom is 0.255 e. The summed E-state index contributed by atoms with van der Waals surface area (Å²) in [7, 11) is -3.50. The largest absolute Gasteiger partial charge is 0.454 e. The highest BCUT2D eigenvalue weighted by molar-refractivity contribution is 7.89. The molecule has 0 saturated carbocycles. The van der Waals surface area contributed by atoms with Crippen LogP contribution in [0.1, 0.15) is 35.2 Å². The van der Waals surface area contributed by atoms with Crippen LogP contribution < -0.4 is 14.8 Å². The van der Waals surface area contributed by atoms with Gasteiger partial charge in [-0.2, -0.15) is 4.31 Å². The number of hydrogen-bond donors (Lipinski definition) is 1. The van der Waals surface area contributed by atoms with E-state index >= 15 is 0 Å². The zero-order valence-corrected chi connectivity index (χ0v) is 16.2. The molecule has 8 heteroatoms. The van der Waals surface area contributed by atoms with Crippen LogP contribution in [0.5, 0.6) is 11.5 Å². The first kappa shape index (κ1) is 18.8. The fourth-order valence-corrected chi connectivity index (χ4v) is 5.04. The Morgan fingerprint density at radius 1 is 1.04 bits per heavy atom. The van der Waals surface area contributed by atoms with Gasteiger partial charge in [0.1, 0.15) is 0 Å². The van der Waals surface area contributed by atoms with Gasteiger partial charge in [-0.05, 0) is 42.7 Å². The van der Waals surface area contributed by atoms with E-state index in [0.717, 1.165) is 24.8 Å². The lowest BCUT2D eigenvalue weighted by molar-refractivity contribution is 0.0946. The summed E-state index contributed by atoms with van der Waals surface area (Å²) < 4.78 is 37.9. The number of amides is 1. The molecule has 148 valence electrons. The second-order valence-corrected chi connectivity index (χ2v) is 8.77. The Labute approximate surface area is 164 Å². The van der Waals surface area contributed by atoms with E-state index in [1.165, 1.54) is 0 Å². The molecule has 0 aromatic heterocycles. The van der Waals surface area contributed by atoms with E-state index in [1.807, 2.05) is 0 Å². The summed E-state index contributed by atoms with van der Waals surface area (Å²) >= 11 is 0. The maximum atomic E-state index is 12.8. The van der Waals surface area contributed by atoms with Crippen molar-refractivity contribution in [3.63, 3.8) is 0 Å². The standard InChI is InChI=1S/C20H22N2O5S/c23-20(17-8-5-9-18-19(17)27-14-26-18)21-13-15-6-4-7-16(12-15)28(24,25)22-10-2-1-3-11-22/h4-9,12H,1-3,10-11,13-14H2,(H,21,23). The number of carbonyl (C=O) groups is 1. The number of ether oxygens (including phenoxy) is 2. The fourth-order valence-electron chi connectivity index (χ4n) is 3.46. The van der Waals surface area contributed by atoms with Crippen LogP contribution in [0.4, 0.5) is 0 Å². The number of rotatable bonds is 5. The van der Waals surface area contributed by atoms with E-state index in [1.54, 1.807) is 46.8 Å². The van der Waals surface area contributed by atoms with Crippen LogP contribution >= 0.6 is 0 Å². The Morgan fingerprint density at radius 3 is 2.64 bits per heavy atom. The molecule has 2 aromatic carbocycles. The van der Waals surface area contributed by atoms with Gasteiger partial charge >= 0.3 is 0 Å². The summed E-state index contributed by atoms with van der Waals surface area (Å²) in [5, 5.41) is 2.82. The number of carbonyl (C=O) groups excluding carboxylic acids is 1. The van der Waals surface area contributed by atoms with Crippen molar-refractivity contribution in [3.05, 3.63) is 53.6 Å². The Hall–Kier alpha value is -2.58. The predicted octanol–water partition coefficient (Wildman–Crippen LogP) is 2.52. The average Bonchev–Trinajstić information content (AvgIpc) is 3.22. The van der Waals surface area contributed by atoms with Crippen molar-refractivity contribution in [2.45, 2.75) is 30.7 Å². The van der Waals surface area contributed by atoms with Crippen LogP contribution in [0, 0.1) is 0 Å². The first-order chi connectivity index (χ1) is 13.6. The summed E-state index contributed by atoms with van der Waals surface area (Å²) in [6.07, 6.45) is 2.85. The molecule has 0 bridgehead atoms. The average molecular weight is 402 g/mol. The number of piperidine rings is 1. The minimum Gasteiger partial charge on any atom is -0.454 e. The van der Waals surface area contributed by atoms with Gasteiger partial charge in [-0.1, -0.05) is 24.6 Å². The molecule has 2 heterocycles. The normalized spacial score (nSPS) is 16.7. The predicted molar refractivity (Wildman–Crippen MR) is 103 cm³/mol. The molecule has 1 fully saturated rings. The lowest BCUT2D eigenvalue weighted by Gasteiger charge is -2.26. The first-order valence-corrected chi connectivity index (χ1v) is 10.8. The molecule has 2 aliphatic rings. The molecule has 1 N–H and O–H groups in total. The van der Waals surface area contributed by atoms with Gasteiger partial charge in [-0.25, -0.2) is 8.42 Å². The van der Waals surface area contributed by atoms with Crippen LogP contribution in [-0.2, 0) is 16.6 Å². The molecule has 4 rings (SSSR count). The number of benzene rings is 2. The lowest BCUT2D eigenvalue weighted by Crippen LogP contribution is -2.35. The van der Waals surface area contributed by atoms with Crippen molar-refractivity contribution in [3.8, 4) is 11.5 Å². The number of para-hydroxylation sites is 1. The van der Waals surface area contributed by atoms with Crippen LogP contribution in [0.3, 0.4) is 0 Å². The summed E-state index contributed by atoms with van der Waals surface area (Å²) in [5.41, 5.74) is 1.11. The summed E-state index contributed by atoms with van der Waals surface area (Å²) in [6.45, 7) is 1.43. The van der Waals surface area contributed by atoms with Gasteiger partial charge in [0, 0.05) is 19.6 Å². The third-order valence-corrected chi connectivity index (χ3v) is 6.84. The van der Waals surface area contributed by atoms with Crippen molar-refractivity contribution in [1.29, 1.82) is 0 Å². The highest BCUT2D eigenvalue weighted by Gasteiger charge is 2.26. The molecular formula is C20H22N2O5S. The second-order valence-electron chi connectivity index (χ2n) is 6.83. The van der Waals surface area contributed by atoms with E-state index in [-0.39, 0.29) is 24.1 Å². The molecule has 0 radical (unpaired) electrons. The Morgan fingerprint density at radius 2 is 1.82 bits per heavy atom. The van der Waals surface area contributed by atoms with Gasteiger partial charge in [-0.15, -0.1) is 0 Å². The van der Waals surface area contributed by atoms with E-state index in [0.29, 0.717) is 30.2 Å². The molecule has 0 aliphatic carbocycles. The van der Waals surface area contributed by atoms with E-state index in [2.05, 4.69) is 5.32 Å². The summed E-state index contributed by atoms with van der Waals surface area (Å²) in [6, 6.07) is 11.9. The first-order valence-electron chi connectivity index (χ1n) is 9.31. The molecule has 1 saturated heterocycles. The molecule has 0 atom stereocenters. The van der Waals surface area contributed by atoms with Crippen LogP contribution in [-0.4, -0.2) is 38.5 Å². The number of fused-ring (bicyclic) bond motifs is 1. The van der Waals surface area contributed by atoms with Crippen molar-refractivity contribution in [2.24, 2.45) is 0 Å². The van der Waals surface area contributed by atoms with Crippen molar-refractivity contribution < 1.29 is 22.7 Å². The third kappa shape index (κ3) is 3.70. The van der Waals surface area contributed by atoms with Gasteiger partial charge in [0.25, 0.3) is 5.91 Å². The smallest absolute Gasteiger partial charge is 0.255 e. The fraction of sp³-hybridized carbons (Fsp3) is 0.350. The monoisotopic (exact) mass is 402 g/mol. The van der Waals surface area contributed by atoms with Crippen molar-refractivity contribution in [1.82, 2.24) is 9.62 Å². The van der Waals surface area contributed by atoms with Crippen LogP contribution in [0.2, 0.25) is 0 Å². The van der Waals surface area contributed by atoms with Gasteiger partial charge in [0.15, 0.2) is 11.5 Å². The number of nitrogens with zero attached hydrogens (tertiary/aromatic N) is 1. The molecule has 28 heavy (non-hydrogen) atoms. The number of hydrogen-bond acceptors (Lipinski definition) is 5. The highest BCUT2D eigenvalue weighted by Crippen LogP contribution is 2.35. The SMILES string of the molecule is O=C(NCc1cccc(S(=O)(=O)N2CCCCC2)c1)c1cccc2c1OCO2. The van der Waals surface area contributed by atoms with Crippen molar-refractivity contribution >= 4 is 15.9 Å². The van der Waals surface area contributed by atoms with E-state index in [4.69, 9.17) is 9.47 Å². The molecule has 0 spiro atoms. The molecule has 0 unspecified atom stereocenters. The zero-order valence-electron chi connectivity index (χ0n) is 15.4. The minimum absolute atomic E-state index is 0.0933. The Kier molecular flexibility index (Phi) is 5.23. The van der Waals surface area contributed by atoms with E-state index in [9.17, 15) is 13.2 Å². The van der Waals surface area contributed by atoms with Gasteiger partial charge < -0.3 is 14.8 Å². The molecular weight excluding hydrogens is 380 g/mol. The lowest BCUT2D eigenvalue weighted by atomic mass is 10.1. The third-order valence-electron chi connectivity index (χ3n) is 4.95. The summed E-state index contributed by atoms with van der Waals surface area (Å²) in [5.74, 6) is 0.676. The maximum absolute atomic E-state index is 12.8. The summed E-state index contributed by atoms with van der Waals surface area (Å²) in [4.78, 5) is 12.8. The number of nitrogens with one attached hydrogen (secondary N) is 1. The Balaban J connectivity index is 1.47. The van der Waals surface area contributed by atoms with Gasteiger partial charge in [0.05, 0.1) is 10.5 Å². The molecule has 2 aromatic rings. The number of sulfonamides is 1. The zero-order chi connectivity index (χ0) is 19.6. The highest BCUT2D eigenvalue weighted by atomic mass is 32.2.